The highest BCUT2D eigenvalue weighted by Crippen LogP contribution is 2.12. The summed E-state index contributed by atoms with van der Waals surface area (Å²) < 4.78 is 12.9. The van der Waals surface area contributed by atoms with E-state index in [4.69, 9.17) is 11.6 Å². The lowest BCUT2D eigenvalue weighted by atomic mass is 10.1. The number of hydrogen-bond donors (Lipinski definition) is 0. The fraction of sp³-hybridized carbons (Fsp3) is 0.368. The van der Waals surface area contributed by atoms with Crippen molar-refractivity contribution in [1.82, 2.24) is 9.80 Å². The number of benzene rings is 2. The Labute approximate surface area is 142 Å². The second-order valence-corrected chi connectivity index (χ2v) is 6.56. The van der Waals surface area contributed by atoms with Crippen molar-refractivity contribution in [2.75, 3.05) is 32.7 Å². The minimum absolute atomic E-state index is 0.166. The number of rotatable bonds is 5. The molecule has 3 rings (SSSR count). The quantitative estimate of drug-likeness (QED) is 0.821. The molecule has 0 saturated carbocycles. The summed E-state index contributed by atoms with van der Waals surface area (Å²) in [5.74, 6) is -0.166. The molecule has 1 heterocycles. The molecule has 0 radical (unpaired) electrons. The summed E-state index contributed by atoms with van der Waals surface area (Å²) in [6.45, 7) is 6.32. The van der Waals surface area contributed by atoms with E-state index < -0.39 is 0 Å². The average Bonchev–Trinajstić information content (AvgIpc) is 2.58. The zero-order valence-corrected chi connectivity index (χ0v) is 14.0. The van der Waals surface area contributed by atoms with E-state index in [0.29, 0.717) is 0 Å². The molecule has 0 unspecified atom stereocenters. The summed E-state index contributed by atoms with van der Waals surface area (Å²) in [6.07, 6.45) is 1.06. The molecule has 0 aromatic heterocycles. The third-order valence-corrected chi connectivity index (χ3v) is 4.67. The normalized spacial score (nSPS) is 16.6. The summed E-state index contributed by atoms with van der Waals surface area (Å²) >= 11 is 5.91. The van der Waals surface area contributed by atoms with E-state index in [1.165, 1.54) is 23.3 Å². The standard InChI is InChI=1S/C19H22ClFN2/c20-18-5-1-16(2-6-18)9-10-22-11-13-23(14-12-22)15-17-3-7-19(21)8-4-17/h1-8H,9-15H2. The Balaban J connectivity index is 1.41. The molecule has 0 N–H and O–H groups in total. The van der Waals surface area contributed by atoms with Crippen molar-refractivity contribution in [3.63, 3.8) is 0 Å². The van der Waals surface area contributed by atoms with Crippen molar-refractivity contribution in [3.8, 4) is 0 Å². The fourth-order valence-electron chi connectivity index (χ4n) is 2.96. The molecular formula is C19H22ClFN2. The molecule has 1 aliphatic rings. The van der Waals surface area contributed by atoms with Crippen molar-refractivity contribution in [3.05, 3.63) is 70.5 Å². The van der Waals surface area contributed by atoms with Crippen LogP contribution in [0.15, 0.2) is 48.5 Å². The Kier molecular flexibility index (Phi) is 5.65. The fourth-order valence-corrected chi connectivity index (χ4v) is 3.08. The van der Waals surface area contributed by atoms with E-state index in [1.807, 2.05) is 24.3 Å². The van der Waals surface area contributed by atoms with Gasteiger partial charge in [0.05, 0.1) is 0 Å². The molecule has 1 fully saturated rings. The van der Waals surface area contributed by atoms with Gasteiger partial charge in [-0.05, 0) is 41.8 Å². The van der Waals surface area contributed by atoms with Crippen LogP contribution in [0.2, 0.25) is 5.02 Å². The van der Waals surface area contributed by atoms with Gasteiger partial charge < -0.3 is 4.90 Å². The molecule has 0 atom stereocenters. The number of piperazine rings is 1. The summed E-state index contributed by atoms with van der Waals surface area (Å²) in [6, 6.07) is 15.0. The first-order valence-electron chi connectivity index (χ1n) is 8.13. The first-order valence-corrected chi connectivity index (χ1v) is 8.50. The van der Waals surface area contributed by atoms with Crippen molar-refractivity contribution in [2.24, 2.45) is 0 Å². The Morgan fingerprint density at radius 3 is 2.00 bits per heavy atom. The van der Waals surface area contributed by atoms with Crippen LogP contribution in [0.3, 0.4) is 0 Å². The van der Waals surface area contributed by atoms with E-state index >= 15 is 0 Å². The molecule has 4 heteroatoms. The van der Waals surface area contributed by atoms with Crippen molar-refractivity contribution < 1.29 is 4.39 Å². The topological polar surface area (TPSA) is 6.48 Å². The van der Waals surface area contributed by atoms with Crippen molar-refractivity contribution >= 4 is 11.6 Å². The van der Waals surface area contributed by atoms with Crippen LogP contribution < -0.4 is 0 Å². The summed E-state index contributed by atoms with van der Waals surface area (Å²) in [5, 5.41) is 0.795. The smallest absolute Gasteiger partial charge is 0.123 e. The van der Waals surface area contributed by atoms with Crippen LogP contribution in [0.4, 0.5) is 4.39 Å². The molecule has 0 spiro atoms. The van der Waals surface area contributed by atoms with Crippen molar-refractivity contribution in [1.29, 1.82) is 0 Å². The van der Waals surface area contributed by atoms with Gasteiger partial charge in [-0.15, -0.1) is 0 Å². The van der Waals surface area contributed by atoms with Crippen LogP contribution >= 0.6 is 11.6 Å². The Morgan fingerprint density at radius 1 is 0.783 bits per heavy atom. The molecular weight excluding hydrogens is 311 g/mol. The predicted octanol–water partition coefficient (Wildman–Crippen LogP) is 3.84. The highest BCUT2D eigenvalue weighted by atomic mass is 35.5. The lowest BCUT2D eigenvalue weighted by Crippen LogP contribution is -2.46. The molecule has 0 amide bonds. The molecule has 23 heavy (non-hydrogen) atoms. The Morgan fingerprint density at radius 2 is 1.35 bits per heavy atom. The Hall–Kier alpha value is -1.42. The minimum atomic E-state index is -0.166. The second-order valence-electron chi connectivity index (χ2n) is 6.12. The second kappa shape index (κ2) is 7.91. The molecule has 1 saturated heterocycles. The zero-order valence-electron chi connectivity index (χ0n) is 13.2. The van der Waals surface area contributed by atoms with Crippen LogP contribution in [0.25, 0.3) is 0 Å². The van der Waals surface area contributed by atoms with Gasteiger partial charge in [-0.25, -0.2) is 4.39 Å². The maximum absolute atomic E-state index is 12.9. The number of hydrogen-bond acceptors (Lipinski definition) is 2. The molecule has 2 nitrogen and oxygen atoms in total. The molecule has 0 aliphatic carbocycles. The molecule has 122 valence electrons. The van der Waals surface area contributed by atoms with Crippen molar-refractivity contribution in [2.45, 2.75) is 13.0 Å². The van der Waals surface area contributed by atoms with Gasteiger partial charge in [0.2, 0.25) is 0 Å². The van der Waals surface area contributed by atoms with Gasteiger partial charge in [-0.2, -0.15) is 0 Å². The maximum atomic E-state index is 12.9. The lowest BCUT2D eigenvalue weighted by Gasteiger charge is -2.34. The van der Waals surface area contributed by atoms with Crippen LogP contribution in [-0.2, 0) is 13.0 Å². The van der Waals surface area contributed by atoms with Crippen LogP contribution in [0, 0.1) is 5.82 Å². The van der Waals surface area contributed by atoms with Crippen LogP contribution in [0.5, 0.6) is 0 Å². The van der Waals surface area contributed by atoms with E-state index in [-0.39, 0.29) is 5.82 Å². The minimum Gasteiger partial charge on any atom is -0.300 e. The summed E-state index contributed by atoms with van der Waals surface area (Å²) in [7, 11) is 0. The summed E-state index contributed by atoms with van der Waals surface area (Å²) in [5.41, 5.74) is 2.52. The third kappa shape index (κ3) is 5.03. The van der Waals surface area contributed by atoms with Gasteiger partial charge in [-0.1, -0.05) is 35.9 Å². The summed E-state index contributed by atoms with van der Waals surface area (Å²) in [4.78, 5) is 4.95. The van der Waals surface area contributed by atoms with Gasteiger partial charge in [0, 0.05) is 44.3 Å². The van der Waals surface area contributed by atoms with Gasteiger partial charge in [0.15, 0.2) is 0 Å². The van der Waals surface area contributed by atoms with E-state index in [9.17, 15) is 4.39 Å². The SMILES string of the molecule is Fc1ccc(CN2CCN(CCc3ccc(Cl)cc3)CC2)cc1. The lowest BCUT2D eigenvalue weighted by molar-refractivity contribution is 0.128. The third-order valence-electron chi connectivity index (χ3n) is 4.41. The van der Waals surface area contributed by atoms with Gasteiger partial charge in [0.1, 0.15) is 5.82 Å². The average molecular weight is 333 g/mol. The van der Waals surface area contributed by atoms with Crippen LogP contribution in [0.1, 0.15) is 11.1 Å². The molecule has 0 bridgehead atoms. The maximum Gasteiger partial charge on any atom is 0.123 e. The Bertz CT molecular complexity index is 604. The number of nitrogens with zero attached hydrogens (tertiary/aromatic N) is 2. The molecule has 1 aliphatic heterocycles. The number of halogens is 2. The first-order chi connectivity index (χ1) is 11.2. The zero-order chi connectivity index (χ0) is 16.1. The van der Waals surface area contributed by atoms with Gasteiger partial charge in [0.25, 0.3) is 0 Å². The highest BCUT2D eigenvalue weighted by Gasteiger charge is 2.16. The first kappa shape index (κ1) is 16.4. The van der Waals surface area contributed by atoms with E-state index in [1.54, 1.807) is 0 Å². The monoisotopic (exact) mass is 332 g/mol. The molecule has 2 aromatic rings. The van der Waals surface area contributed by atoms with Gasteiger partial charge in [-0.3, -0.25) is 4.90 Å². The van der Waals surface area contributed by atoms with E-state index in [2.05, 4.69) is 21.9 Å². The highest BCUT2D eigenvalue weighted by molar-refractivity contribution is 6.30. The van der Waals surface area contributed by atoms with Gasteiger partial charge >= 0.3 is 0 Å². The molecule has 2 aromatic carbocycles. The largest absolute Gasteiger partial charge is 0.300 e. The van der Waals surface area contributed by atoms with Crippen LogP contribution in [-0.4, -0.2) is 42.5 Å². The predicted molar refractivity (Wildman–Crippen MR) is 93.3 cm³/mol. The van der Waals surface area contributed by atoms with E-state index in [0.717, 1.165) is 50.7 Å².